The maximum absolute atomic E-state index is 12.0. The van der Waals surface area contributed by atoms with Crippen LogP contribution in [0.3, 0.4) is 0 Å². The van der Waals surface area contributed by atoms with Crippen molar-refractivity contribution in [1.29, 1.82) is 0 Å². The third kappa shape index (κ3) is 12.9. The Kier molecular flexibility index (Phi) is 14.1. The van der Waals surface area contributed by atoms with Crippen molar-refractivity contribution in [2.45, 2.75) is 71.6 Å². The number of urea groups is 1. The SMILES string of the molecule is CCCNC(=O)NCCCC(=O)NCCCCCN(Cc1nccn1CC(=O)O)Cc1nccn1CC(=O)O. The molecule has 0 saturated carbocycles. The van der Waals surface area contributed by atoms with Gasteiger partial charge in [0.25, 0.3) is 0 Å². The van der Waals surface area contributed by atoms with Crippen molar-refractivity contribution >= 4 is 23.9 Å². The lowest BCUT2D eigenvalue weighted by Gasteiger charge is -2.22. The standard InChI is InChI=1S/C25H40N8O6/c1-2-8-29-25(39)30-10-6-7-22(34)28-9-4-3-5-13-31(16-20-26-11-14-32(20)18-23(35)36)17-21-27-12-15-33(21)19-24(37)38/h11-12,14-15H,2-10,13,16-19H2,1H3,(H,28,34)(H,35,36)(H,37,38)(H2,29,30,39). The van der Waals surface area contributed by atoms with E-state index < -0.39 is 11.9 Å². The number of carbonyl (C=O) groups excluding carboxylic acids is 2. The normalized spacial score (nSPS) is 10.9. The summed E-state index contributed by atoms with van der Waals surface area (Å²) in [5, 5.41) is 26.7. The van der Waals surface area contributed by atoms with Crippen LogP contribution in [-0.2, 0) is 40.6 Å². The minimum absolute atomic E-state index is 0.0528. The molecule has 2 rings (SSSR count). The molecular weight excluding hydrogens is 508 g/mol. The summed E-state index contributed by atoms with van der Waals surface area (Å²) >= 11 is 0. The van der Waals surface area contributed by atoms with Gasteiger partial charge >= 0.3 is 18.0 Å². The zero-order chi connectivity index (χ0) is 28.5. The number of hydrogen-bond acceptors (Lipinski definition) is 7. The lowest BCUT2D eigenvalue weighted by atomic mass is 10.2. The number of nitrogens with zero attached hydrogens (tertiary/aromatic N) is 5. The average molecular weight is 549 g/mol. The number of hydrogen-bond donors (Lipinski definition) is 5. The van der Waals surface area contributed by atoms with Crippen molar-refractivity contribution in [2.75, 3.05) is 26.2 Å². The van der Waals surface area contributed by atoms with Crippen molar-refractivity contribution in [3.05, 3.63) is 36.4 Å². The number of carboxylic acid groups (broad SMARTS) is 2. The Morgan fingerprint density at radius 1 is 0.795 bits per heavy atom. The third-order valence-corrected chi connectivity index (χ3v) is 5.82. The first-order valence-corrected chi connectivity index (χ1v) is 13.2. The molecule has 39 heavy (non-hydrogen) atoms. The fourth-order valence-corrected chi connectivity index (χ4v) is 3.88. The molecule has 0 spiro atoms. The Bertz CT molecular complexity index is 997. The second kappa shape index (κ2) is 17.5. The van der Waals surface area contributed by atoms with Crippen LogP contribution in [0.15, 0.2) is 24.8 Å². The molecule has 2 heterocycles. The lowest BCUT2D eigenvalue weighted by Crippen LogP contribution is -2.36. The van der Waals surface area contributed by atoms with Crippen molar-refractivity contribution < 1.29 is 29.4 Å². The monoisotopic (exact) mass is 548 g/mol. The minimum Gasteiger partial charge on any atom is -0.480 e. The van der Waals surface area contributed by atoms with Crippen molar-refractivity contribution in [3.63, 3.8) is 0 Å². The first-order valence-electron chi connectivity index (χ1n) is 13.2. The molecule has 0 atom stereocenters. The zero-order valence-electron chi connectivity index (χ0n) is 22.5. The lowest BCUT2D eigenvalue weighted by molar-refractivity contribution is -0.138. The number of unbranched alkanes of at least 4 members (excludes halogenated alkanes) is 2. The van der Waals surface area contributed by atoms with E-state index in [1.54, 1.807) is 33.9 Å². The van der Waals surface area contributed by atoms with E-state index in [4.69, 9.17) is 10.2 Å². The summed E-state index contributed by atoms with van der Waals surface area (Å²) in [5.41, 5.74) is 0. The molecule has 2 aromatic rings. The average Bonchev–Trinajstić information content (AvgIpc) is 3.50. The van der Waals surface area contributed by atoms with Crippen LogP contribution in [0.2, 0.25) is 0 Å². The van der Waals surface area contributed by atoms with Crippen molar-refractivity contribution in [2.24, 2.45) is 0 Å². The molecule has 0 aromatic carbocycles. The molecule has 5 N–H and O–H groups in total. The van der Waals surface area contributed by atoms with E-state index in [0.29, 0.717) is 63.8 Å². The number of carboxylic acids is 2. The van der Waals surface area contributed by atoms with Gasteiger partial charge in [0.1, 0.15) is 24.7 Å². The predicted molar refractivity (Wildman–Crippen MR) is 142 cm³/mol. The van der Waals surface area contributed by atoms with Gasteiger partial charge in [-0.2, -0.15) is 0 Å². The van der Waals surface area contributed by atoms with Gasteiger partial charge in [-0.05, 0) is 32.2 Å². The summed E-state index contributed by atoms with van der Waals surface area (Å²) in [7, 11) is 0. The van der Waals surface area contributed by atoms with Crippen LogP contribution in [0.1, 0.15) is 57.1 Å². The number of amides is 3. The van der Waals surface area contributed by atoms with E-state index >= 15 is 0 Å². The molecule has 0 aliphatic carbocycles. The van der Waals surface area contributed by atoms with E-state index in [-0.39, 0.29) is 25.0 Å². The number of rotatable bonds is 20. The molecule has 0 aliphatic rings. The van der Waals surface area contributed by atoms with Crippen molar-refractivity contribution in [1.82, 2.24) is 40.0 Å². The van der Waals surface area contributed by atoms with Crippen LogP contribution in [0.4, 0.5) is 4.79 Å². The summed E-state index contributed by atoms with van der Waals surface area (Å²) in [6, 6.07) is -0.219. The molecular formula is C25H40N8O6. The Morgan fingerprint density at radius 2 is 1.36 bits per heavy atom. The highest BCUT2D eigenvalue weighted by atomic mass is 16.4. The molecule has 0 fully saturated rings. The van der Waals surface area contributed by atoms with Gasteiger partial charge in [0.05, 0.1) is 13.1 Å². The van der Waals surface area contributed by atoms with Gasteiger partial charge < -0.3 is 35.3 Å². The second-order valence-corrected chi connectivity index (χ2v) is 9.14. The number of carbonyl (C=O) groups is 4. The summed E-state index contributed by atoms with van der Waals surface area (Å²) < 4.78 is 3.14. The van der Waals surface area contributed by atoms with Crippen LogP contribution in [0.25, 0.3) is 0 Å². The van der Waals surface area contributed by atoms with Crippen molar-refractivity contribution in [3.8, 4) is 0 Å². The largest absolute Gasteiger partial charge is 0.480 e. The van der Waals surface area contributed by atoms with Gasteiger partial charge in [0.2, 0.25) is 5.91 Å². The first-order chi connectivity index (χ1) is 18.8. The third-order valence-electron chi connectivity index (χ3n) is 5.82. The van der Waals surface area contributed by atoms with Crippen LogP contribution >= 0.6 is 0 Å². The van der Waals surface area contributed by atoms with Crippen LogP contribution in [0, 0.1) is 0 Å². The number of aromatic nitrogens is 4. The highest BCUT2D eigenvalue weighted by Gasteiger charge is 2.16. The number of nitrogens with one attached hydrogen (secondary N) is 3. The summed E-state index contributed by atoms with van der Waals surface area (Å²) in [6.07, 6.45) is 10.6. The number of aliphatic carboxylic acids is 2. The smallest absolute Gasteiger partial charge is 0.323 e. The van der Waals surface area contributed by atoms with E-state index in [2.05, 4.69) is 30.8 Å². The fourth-order valence-electron chi connectivity index (χ4n) is 3.88. The molecule has 0 unspecified atom stereocenters. The quantitative estimate of drug-likeness (QED) is 0.151. The molecule has 0 aliphatic heterocycles. The zero-order valence-corrected chi connectivity index (χ0v) is 22.5. The highest BCUT2D eigenvalue weighted by Crippen LogP contribution is 2.11. The number of imidazole rings is 2. The van der Waals surface area contributed by atoms with Crippen LogP contribution < -0.4 is 16.0 Å². The Labute approximate surface area is 227 Å². The van der Waals surface area contributed by atoms with Gasteiger partial charge in [0.15, 0.2) is 0 Å². The van der Waals surface area contributed by atoms with Gasteiger partial charge in [-0.3, -0.25) is 19.3 Å². The Hall–Kier alpha value is -3.94. The molecule has 0 bridgehead atoms. The summed E-state index contributed by atoms with van der Waals surface area (Å²) in [5.74, 6) is -0.790. The molecule has 2 aromatic heterocycles. The van der Waals surface area contributed by atoms with Crippen LogP contribution in [-0.4, -0.2) is 84.3 Å². The highest BCUT2D eigenvalue weighted by molar-refractivity contribution is 5.76. The Morgan fingerprint density at radius 3 is 1.92 bits per heavy atom. The van der Waals surface area contributed by atoms with Crippen LogP contribution in [0.5, 0.6) is 0 Å². The first kappa shape index (κ1) is 31.3. The van der Waals surface area contributed by atoms with Gasteiger partial charge in [-0.25, -0.2) is 14.8 Å². The maximum atomic E-state index is 12.0. The molecule has 216 valence electrons. The Balaban J connectivity index is 1.77. The molecule has 0 radical (unpaired) electrons. The predicted octanol–water partition coefficient (Wildman–Crippen LogP) is 1.03. The van der Waals surface area contributed by atoms with Gasteiger partial charge in [0, 0.05) is 50.8 Å². The fraction of sp³-hybridized carbons (Fsp3) is 0.600. The molecule has 3 amide bonds. The van der Waals surface area contributed by atoms with E-state index in [1.807, 2.05) is 6.92 Å². The molecule has 0 saturated heterocycles. The van der Waals surface area contributed by atoms with Gasteiger partial charge in [-0.15, -0.1) is 0 Å². The second-order valence-electron chi connectivity index (χ2n) is 9.14. The topological polar surface area (TPSA) is 184 Å². The molecule has 14 nitrogen and oxygen atoms in total. The summed E-state index contributed by atoms with van der Waals surface area (Å²) in [6.45, 7) is 4.60. The minimum atomic E-state index is -0.964. The molecule has 14 heteroatoms. The van der Waals surface area contributed by atoms with E-state index in [9.17, 15) is 19.2 Å². The van der Waals surface area contributed by atoms with E-state index in [1.165, 1.54) is 0 Å². The van der Waals surface area contributed by atoms with E-state index in [0.717, 1.165) is 25.7 Å². The van der Waals surface area contributed by atoms with Gasteiger partial charge in [-0.1, -0.05) is 13.3 Å². The summed E-state index contributed by atoms with van der Waals surface area (Å²) in [4.78, 5) is 56.5. The maximum Gasteiger partial charge on any atom is 0.323 e.